The normalized spacial score (nSPS) is 17.2. The van der Waals surface area contributed by atoms with Crippen LogP contribution in [0.15, 0.2) is 108 Å². The van der Waals surface area contributed by atoms with Gasteiger partial charge in [-0.25, -0.2) is 14.5 Å². The van der Waals surface area contributed by atoms with Crippen molar-refractivity contribution < 1.29 is 28.2 Å². The maximum Gasteiger partial charge on any atom is 0.335 e. The molecule has 0 bridgehead atoms. The number of esters is 2. The summed E-state index contributed by atoms with van der Waals surface area (Å²) in [4.78, 5) is 29.8. The Hall–Kier alpha value is -4.66. The number of piperazine rings is 1. The molecule has 0 atom stereocenters. The van der Waals surface area contributed by atoms with E-state index in [1.165, 1.54) is 0 Å². The van der Waals surface area contributed by atoms with Crippen molar-refractivity contribution >= 4 is 11.9 Å². The predicted molar refractivity (Wildman–Crippen MR) is 156 cm³/mol. The molecule has 1 fully saturated rings. The second-order valence-corrected chi connectivity index (χ2v) is 10.5. The quantitative estimate of drug-likeness (QED) is 0.273. The van der Waals surface area contributed by atoms with Gasteiger partial charge in [0.15, 0.2) is 0 Å². The molecule has 0 N–H and O–H groups in total. The minimum absolute atomic E-state index is 0.139. The lowest BCUT2D eigenvalue weighted by Gasteiger charge is -2.50. The molecule has 0 unspecified atom stereocenters. The van der Waals surface area contributed by atoms with E-state index in [4.69, 9.17) is 18.6 Å². The number of hydrogen-bond acceptors (Lipinski definition) is 8. The van der Waals surface area contributed by atoms with Gasteiger partial charge in [-0.2, -0.15) is 0 Å². The Morgan fingerprint density at radius 1 is 0.833 bits per heavy atom. The van der Waals surface area contributed by atoms with Gasteiger partial charge in [-0.05, 0) is 53.9 Å². The molecule has 4 aromatic rings. The minimum Gasteiger partial charge on any atom is -0.497 e. The molecule has 6 rings (SSSR count). The van der Waals surface area contributed by atoms with E-state index >= 15 is 0 Å². The highest BCUT2D eigenvalue weighted by Crippen LogP contribution is 2.39. The van der Waals surface area contributed by atoms with Crippen molar-refractivity contribution in [3.63, 3.8) is 0 Å². The van der Waals surface area contributed by atoms with Crippen molar-refractivity contribution in [2.24, 2.45) is 0 Å². The van der Waals surface area contributed by atoms with Crippen molar-refractivity contribution in [3.8, 4) is 17.1 Å². The molecule has 3 aromatic carbocycles. The summed E-state index contributed by atoms with van der Waals surface area (Å²) in [6.07, 6.45) is 2.23. The van der Waals surface area contributed by atoms with E-state index in [9.17, 15) is 9.59 Å². The Bertz CT molecular complexity index is 1520. The van der Waals surface area contributed by atoms with Gasteiger partial charge in [-0.15, -0.1) is 0 Å². The molecular formula is C34H32N2O6. The highest BCUT2D eigenvalue weighted by Gasteiger charge is 2.53. The molecule has 3 heterocycles. The fourth-order valence-electron chi connectivity index (χ4n) is 5.65. The maximum atomic E-state index is 12.9. The van der Waals surface area contributed by atoms with Crippen LogP contribution >= 0.6 is 0 Å². The summed E-state index contributed by atoms with van der Waals surface area (Å²) < 4.78 is 23.6. The number of nitrogens with zero attached hydrogens (tertiary/aromatic N) is 2. The molecular weight excluding hydrogens is 532 g/mol. The first-order chi connectivity index (χ1) is 20.4. The molecule has 8 heteroatoms. The van der Waals surface area contributed by atoms with Crippen LogP contribution in [-0.4, -0.2) is 54.4 Å². The minimum atomic E-state index is -1.66. The summed E-state index contributed by atoms with van der Waals surface area (Å²) in [6.45, 7) is 3.68. The number of methoxy groups -OCH3 is 1. The van der Waals surface area contributed by atoms with Gasteiger partial charge in [-0.3, -0.25) is 4.90 Å². The Morgan fingerprint density at radius 2 is 1.43 bits per heavy atom. The van der Waals surface area contributed by atoms with Crippen LogP contribution < -0.4 is 4.74 Å². The number of carbonyl (C=O) groups is 2. The van der Waals surface area contributed by atoms with E-state index < -0.39 is 17.8 Å². The summed E-state index contributed by atoms with van der Waals surface area (Å²) in [5.74, 6) is -0.616. The van der Waals surface area contributed by atoms with Gasteiger partial charge in [0.1, 0.15) is 17.3 Å². The molecule has 214 valence electrons. The van der Waals surface area contributed by atoms with E-state index in [1.54, 1.807) is 7.11 Å². The van der Waals surface area contributed by atoms with Gasteiger partial charge in [0.25, 0.3) is 0 Å². The Labute approximate surface area is 244 Å². The first kappa shape index (κ1) is 27.5. The van der Waals surface area contributed by atoms with Gasteiger partial charge in [0.05, 0.1) is 26.2 Å². The topological polar surface area (TPSA) is 81.5 Å². The van der Waals surface area contributed by atoms with Gasteiger partial charge >= 0.3 is 17.8 Å². The molecule has 0 saturated carbocycles. The molecule has 1 saturated heterocycles. The van der Waals surface area contributed by atoms with E-state index in [0.717, 1.165) is 51.7 Å². The standard InChI is InChI=1S/C34H32N2O6/c1-24-21-29(25-13-15-28(39-2)16-14-25)40-30(24)22-35-19-20-36(34(23-35)41-31(37)17-18-32(38)42-34)33(26-9-5-3-6-10-26)27-11-7-4-8-12-27/h3-18,21,33H,19-20,22-23H2,1-2H3. The fraction of sp³-hybridized carbons (Fsp3) is 0.235. The molecule has 8 nitrogen and oxygen atoms in total. The van der Waals surface area contributed by atoms with Gasteiger partial charge in [0, 0.05) is 30.8 Å². The predicted octanol–water partition coefficient (Wildman–Crippen LogP) is 5.48. The number of furan rings is 1. The third kappa shape index (κ3) is 5.59. The van der Waals surface area contributed by atoms with Crippen LogP contribution in [0.1, 0.15) is 28.5 Å². The largest absolute Gasteiger partial charge is 0.497 e. The smallest absolute Gasteiger partial charge is 0.335 e. The van der Waals surface area contributed by atoms with Crippen molar-refractivity contribution in [2.75, 3.05) is 26.7 Å². The molecule has 2 aliphatic rings. The van der Waals surface area contributed by atoms with Crippen LogP contribution in [0.4, 0.5) is 0 Å². The number of rotatable bonds is 7. The highest BCUT2D eigenvalue weighted by molar-refractivity contribution is 5.93. The Morgan fingerprint density at radius 3 is 2.00 bits per heavy atom. The highest BCUT2D eigenvalue weighted by atomic mass is 16.8. The Balaban J connectivity index is 1.33. The average Bonchev–Trinajstić information content (AvgIpc) is 3.30. The first-order valence-corrected chi connectivity index (χ1v) is 13.9. The molecule has 2 aliphatic heterocycles. The van der Waals surface area contributed by atoms with Crippen LogP contribution in [-0.2, 0) is 25.6 Å². The monoisotopic (exact) mass is 564 g/mol. The zero-order valence-corrected chi connectivity index (χ0v) is 23.6. The zero-order chi connectivity index (χ0) is 29.1. The Kier molecular flexibility index (Phi) is 7.65. The second-order valence-electron chi connectivity index (χ2n) is 10.5. The lowest BCUT2D eigenvalue weighted by atomic mass is 9.95. The van der Waals surface area contributed by atoms with Crippen molar-refractivity contribution in [3.05, 3.63) is 126 Å². The zero-order valence-electron chi connectivity index (χ0n) is 23.6. The molecule has 0 radical (unpaired) electrons. The van der Waals surface area contributed by atoms with E-state index in [-0.39, 0.29) is 12.6 Å². The molecule has 0 aliphatic carbocycles. The molecule has 42 heavy (non-hydrogen) atoms. The van der Waals surface area contributed by atoms with Crippen LogP contribution in [0.5, 0.6) is 5.75 Å². The number of ether oxygens (including phenoxy) is 3. The summed E-state index contributed by atoms with van der Waals surface area (Å²) in [5.41, 5.74) is 3.93. The number of aryl methyl sites for hydroxylation is 1. The third-order valence-corrected chi connectivity index (χ3v) is 7.70. The van der Waals surface area contributed by atoms with Crippen molar-refractivity contribution in [1.82, 2.24) is 9.80 Å². The number of carbonyl (C=O) groups excluding carboxylic acids is 2. The van der Waals surface area contributed by atoms with E-state index in [0.29, 0.717) is 19.6 Å². The van der Waals surface area contributed by atoms with Crippen molar-refractivity contribution in [2.45, 2.75) is 25.4 Å². The van der Waals surface area contributed by atoms with Gasteiger partial charge in [-0.1, -0.05) is 60.7 Å². The van der Waals surface area contributed by atoms with Crippen LogP contribution in [0.25, 0.3) is 11.3 Å². The van der Waals surface area contributed by atoms with E-state index in [2.05, 4.69) is 4.90 Å². The van der Waals surface area contributed by atoms with Crippen LogP contribution in [0.2, 0.25) is 0 Å². The molecule has 1 aromatic heterocycles. The summed E-state index contributed by atoms with van der Waals surface area (Å²) in [7, 11) is 1.64. The van der Waals surface area contributed by atoms with Crippen LogP contribution in [0.3, 0.4) is 0 Å². The summed E-state index contributed by atoms with van der Waals surface area (Å²) >= 11 is 0. The summed E-state index contributed by atoms with van der Waals surface area (Å²) in [6, 6.07) is 29.3. The lowest BCUT2D eigenvalue weighted by Crippen LogP contribution is -2.66. The molecule has 1 spiro atoms. The average molecular weight is 565 g/mol. The maximum absolute atomic E-state index is 12.9. The van der Waals surface area contributed by atoms with Crippen LogP contribution in [0, 0.1) is 6.92 Å². The van der Waals surface area contributed by atoms with Gasteiger partial charge < -0.3 is 18.6 Å². The number of benzene rings is 3. The SMILES string of the molecule is COc1ccc(-c2cc(C)c(CN3CCN(C(c4ccccc4)c4ccccc4)C4(C3)OC(=O)C=CC(=O)O4)o2)cc1. The lowest BCUT2D eigenvalue weighted by molar-refractivity contribution is -0.307. The second kappa shape index (κ2) is 11.7. The van der Waals surface area contributed by atoms with E-state index in [1.807, 2.05) is 103 Å². The van der Waals surface area contributed by atoms with Gasteiger partial charge in [0.2, 0.25) is 0 Å². The fourth-order valence-corrected chi connectivity index (χ4v) is 5.65. The molecule has 0 amide bonds. The summed E-state index contributed by atoms with van der Waals surface area (Å²) in [5, 5.41) is 0. The van der Waals surface area contributed by atoms with Crippen molar-refractivity contribution in [1.29, 1.82) is 0 Å². The first-order valence-electron chi connectivity index (χ1n) is 13.9. The third-order valence-electron chi connectivity index (χ3n) is 7.70. The number of hydrogen-bond donors (Lipinski definition) is 0.